The molecule has 9 nitrogen and oxygen atoms in total. The van der Waals surface area contributed by atoms with E-state index in [9.17, 15) is 4.79 Å². The lowest BCUT2D eigenvalue weighted by molar-refractivity contribution is -0.0592. The second-order valence-corrected chi connectivity index (χ2v) is 9.99. The van der Waals surface area contributed by atoms with E-state index in [0.29, 0.717) is 18.2 Å². The number of hydrogen-bond acceptors (Lipinski definition) is 7. The van der Waals surface area contributed by atoms with Crippen LogP contribution in [0.15, 0.2) is 60.8 Å². The van der Waals surface area contributed by atoms with Crippen LogP contribution < -0.4 is 4.74 Å². The summed E-state index contributed by atoms with van der Waals surface area (Å²) in [6, 6.07) is 17.9. The van der Waals surface area contributed by atoms with E-state index >= 15 is 0 Å². The van der Waals surface area contributed by atoms with Gasteiger partial charge in [0, 0.05) is 25.9 Å². The average Bonchev–Trinajstić information content (AvgIpc) is 3.54. The van der Waals surface area contributed by atoms with E-state index in [1.165, 1.54) is 7.11 Å². The predicted molar refractivity (Wildman–Crippen MR) is 142 cm³/mol. The van der Waals surface area contributed by atoms with Crippen molar-refractivity contribution in [1.29, 1.82) is 0 Å². The fraction of sp³-hybridized carbons (Fsp3) is 0.414. The van der Waals surface area contributed by atoms with Gasteiger partial charge in [0.1, 0.15) is 18.2 Å². The van der Waals surface area contributed by atoms with E-state index in [1.54, 1.807) is 6.07 Å². The van der Waals surface area contributed by atoms with Crippen molar-refractivity contribution in [2.24, 2.45) is 0 Å². The maximum Gasteiger partial charge on any atom is 0.337 e. The van der Waals surface area contributed by atoms with Crippen molar-refractivity contribution in [3.63, 3.8) is 0 Å². The van der Waals surface area contributed by atoms with Crippen LogP contribution in [0.25, 0.3) is 11.0 Å². The van der Waals surface area contributed by atoms with Crippen LogP contribution in [0.1, 0.15) is 47.2 Å². The van der Waals surface area contributed by atoms with Crippen molar-refractivity contribution in [2.75, 3.05) is 26.8 Å². The molecule has 2 aromatic carbocycles. The van der Waals surface area contributed by atoms with Crippen LogP contribution in [-0.2, 0) is 29.2 Å². The summed E-state index contributed by atoms with van der Waals surface area (Å²) in [7, 11) is 1.41. The van der Waals surface area contributed by atoms with Crippen LogP contribution in [0.2, 0.25) is 0 Å². The van der Waals surface area contributed by atoms with Crippen LogP contribution in [0.5, 0.6) is 5.75 Å². The first-order valence-electron chi connectivity index (χ1n) is 13.3. The van der Waals surface area contributed by atoms with Crippen LogP contribution in [0.4, 0.5) is 0 Å². The fourth-order valence-electron chi connectivity index (χ4n) is 5.35. The maximum atomic E-state index is 12.1. The van der Waals surface area contributed by atoms with E-state index in [2.05, 4.69) is 19.2 Å². The number of imidazole rings is 1. The summed E-state index contributed by atoms with van der Waals surface area (Å²) in [5, 5.41) is 4.63. The van der Waals surface area contributed by atoms with Crippen LogP contribution in [-0.4, -0.2) is 63.1 Å². The number of esters is 1. The number of likely N-dealkylation sites (tertiary alicyclic amines) is 1. The molecule has 2 aliphatic heterocycles. The lowest BCUT2D eigenvalue weighted by Gasteiger charge is -2.33. The average molecular weight is 516 g/mol. The molecule has 2 aliphatic rings. The minimum Gasteiger partial charge on any atom is -0.487 e. The van der Waals surface area contributed by atoms with Gasteiger partial charge in [0.2, 0.25) is 0 Å². The van der Waals surface area contributed by atoms with Crippen LogP contribution in [0.3, 0.4) is 0 Å². The van der Waals surface area contributed by atoms with E-state index in [1.807, 2.05) is 54.7 Å². The van der Waals surface area contributed by atoms with Crippen molar-refractivity contribution < 1.29 is 19.0 Å². The van der Waals surface area contributed by atoms with Gasteiger partial charge in [-0.25, -0.2) is 9.78 Å². The Morgan fingerprint density at radius 1 is 1.08 bits per heavy atom. The zero-order valence-electron chi connectivity index (χ0n) is 21.7. The topological polar surface area (TPSA) is 83.6 Å². The molecular formula is C29H33N5O4. The molecule has 198 valence electrons. The molecule has 9 heteroatoms. The number of benzene rings is 2. The molecule has 4 heterocycles. The predicted octanol–water partition coefficient (Wildman–Crippen LogP) is 4.22. The highest BCUT2D eigenvalue weighted by molar-refractivity contribution is 5.93. The van der Waals surface area contributed by atoms with Gasteiger partial charge in [-0.3, -0.25) is 9.58 Å². The number of carbonyl (C=O) groups excluding carboxylic acids is 1. The largest absolute Gasteiger partial charge is 0.487 e. The number of aromatic nitrogens is 4. The van der Waals surface area contributed by atoms with Gasteiger partial charge < -0.3 is 18.8 Å². The number of methoxy groups -OCH3 is 1. The number of nitrogens with zero attached hydrogens (tertiary/aromatic N) is 5. The van der Waals surface area contributed by atoms with Crippen LogP contribution >= 0.6 is 0 Å². The second-order valence-electron chi connectivity index (χ2n) is 9.99. The quantitative estimate of drug-likeness (QED) is 0.309. The molecule has 1 unspecified atom stereocenters. The zero-order valence-corrected chi connectivity index (χ0v) is 21.7. The van der Waals surface area contributed by atoms with Gasteiger partial charge in [-0.05, 0) is 55.7 Å². The van der Waals surface area contributed by atoms with Crippen LogP contribution in [0, 0.1) is 0 Å². The molecule has 0 N–H and O–H groups in total. The Kier molecular flexibility index (Phi) is 7.11. The molecule has 2 saturated heterocycles. The summed E-state index contributed by atoms with van der Waals surface area (Å²) in [5.74, 6) is 1.53. The molecule has 0 spiro atoms. The molecule has 0 saturated carbocycles. The monoisotopic (exact) mass is 515 g/mol. The van der Waals surface area contributed by atoms with Gasteiger partial charge in [-0.2, -0.15) is 5.10 Å². The third-order valence-corrected chi connectivity index (χ3v) is 7.58. The highest BCUT2D eigenvalue weighted by Gasteiger charge is 2.26. The molecule has 0 amide bonds. The third-order valence-electron chi connectivity index (χ3n) is 7.58. The molecule has 6 rings (SSSR count). The number of rotatable bonds is 9. The number of piperidine rings is 1. The molecule has 0 bridgehead atoms. The van der Waals surface area contributed by atoms with Gasteiger partial charge in [0.15, 0.2) is 0 Å². The smallest absolute Gasteiger partial charge is 0.337 e. The first-order valence-corrected chi connectivity index (χ1v) is 13.3. The van der Waals surface area contributed by atoms with E-state index in [0.717, 1.165) is 80.3 Å². The maximum absolute atomic E-state index is 12.1. The van der Waals surface area contributed by atoms with E-state index < -0.39 is 0 Å². The number of carbonyl (C=O) groups is 1. The summed E-state index contributed by atoms with van der Waals surface area (Å²) in [6.45, 7) is 4.72. The van der Waals surface area contributed by atoms with Crippen molar-refractivity contribution >= 4 is 17.0 Å². The second kappa shape index (κ2) is 11.0. The Morgan fingerprint density at radius 3 is 2.63 bits per heavy atom. The molecule has 4 aromatic rings. The highest BCUT2D eigenvalue weighted by atomic mass is 16.5. The Bertz CT molecular complexity index is 1390. The Morgan fingerprint density at radius 2 is 1.89 bits per heavy atom. The third kappa shape index (κ3) is 5.16. The van der Waals surface area contributed by atoms with E-state index in [4.69, 9.17) is 19.2 Å². The number of para-hydroxylation sites is 1. The van der Waals surface area contributed by atoms with E-state index in [-0.39, 0.29) is 12.1 Å². The summed E-state index contributed by atoms with van der Waals surface area (Å²) in [4.78, 5) is 19.6. The molecule has 38 heavy (non-hydrogen) atoms. The van der Waals surface area contributed by atoms with Gasteiger partial charge >= 0.3 is 5.97 Å². The lowest BCUT2D eigenvalue weighted by Crippen LogP contribution is -2.36. The molecule has 0 radical (unpaired) electrons. The number of hydrogen-bond donors (Lipinski definition) is 0. The highest BCUT2D eigenvalue weighted by Crippen LogP contribution is 2.27. The fourth-order valence-corrected chi connectivity index (χ4v) is 5.35. The Labute approximate surface area is 221 Å². The molecule has 1 atom stereocenters. The summed E-state index contributed by atoms with van der Waals surface area (Å²) in [6.07, 6.45) is 5.12. The minimum atomic E-state index is -0.338. The zero-order chi connectivity index (χ0) is 25.9. The standard InChI is InChI=1S/C29H33N5O4/c1-36-29(35)21-7-8-26-27(17-21)33(18-25-12-16-37-25)28(31-26)19-32-14-10-22(11-15-32)34-23(9-13-30-34)20-38-24-5-3-2-4-6-24/h2-9,13,17,22,25H,10-12,14-16,18-20H2,1H3. The summed E-state index contributed by atoms with van der Waals surface area (Å²) < 4.78 is 21.0. The lowest BCUT2D eigenvalue weighted by atomic mass is 10.0. The van der Waals surface area contributed by atoms with Crippen molar-refractivity contribution in [2.45, 2.75) is 51.1 Å². The molecule has 2 aromatic heterocycles. The number of fused-ring (bicyclic) bond motifs is 1. The van der Waals surface area contributed by atoms with Gasteiger partial charge in [0.05, 0.1) is 54.6 Å². The first kappa shape index (κ1) is 24.6. The van der Waals surface area contributed by atoms with Gasteiger partial charge in [-0.15, -0.1) is 0 Å². The summed E-state index contributed by atoms with van der Waals surface area (Å²) in [5.41, 5.74) is 3.47. The summed E-state index contributed by atoms with van der Waals surface area (Å²) >= 11 is 0. The van der Waals surface area contributed by atoms with Gasteiger partial charge in [-0.1, -0.05) is 18.2 Å². The first-order chi connectivity index (χ1) is 18.7. The number of ether oxygens (including phenoxy) is 3. The Hall–Kier alpha value is -3.69. The molecule has 2 fully saturated rings. The van der Waals surface area contributed by atoms with Crippen molar-refractivity contribution in [3.05, 3.63) is 77.9 Å². The van der Waals surface area contributed by atoms with Crippen molar-refractivity contribution in [1.82, 2.24) is 24.2 Å². The SMILES string of the molecule is COC(=O)c1ccc2nc(CN3CCC(n4nccc4COc4ccccc4)CC3)n(CC3CCO3)c2c1. The molecule has 0 aliphatic carbocycles. The van der Waals surface area contributed by atoms with Crippen molar-refractivity contribution in [3.8, 4) is 5.75 Å². The molecular weight excluding hydrogens is 482 g/mol. The normalized spacial score (nSPS) is 18.4. The van der Waals surface area contributed by atoms with Gasteiger partial charge in [0.25, 0.3) is 0 Å². The minimum absolute atomic E-state index is 0.190. The Balaban J connectivity index is 1.13.